The number of fused-ring (bicyclic) bond motifs is 6. The second-order valence-electron chi connectivity index (χ2n) is 11.2. The standard InChI is InChI=1S/C41H25N3S/c1-3-11-26(12-4-1)36-25-37(27-13-5-2-6-14-27)44-41(43-36)29-21-19-28(20-22-29)40-34-24-39-33(31-16-8-10-18-38(31)45-39)23-32(34)30-15-7-9-17-35(30)42-40/h1-25H. The highest BCUT2D eigenvalue weighted by Gasteiger charge is 2.15. The van der Waals surface area contributed by atoms with Gasteiger partial charge in [0.1, 0.15) is 0 Å². The van der Waals surface area contributed by atoms with E-state index in [-0.39, 0.29) is 0 Å². The molecule has 3 aromatic heterocycles. The average Bonchev–Trinajstić information content (AvgIpc) is 3.49. The Morgan fingerprint density at radius 3 is 1.67 bits per heavy atom. The van der Waals surface area contributed by atoms with Crippen LogP contribution in [-0.4, -0.2) is 15.0 Å². The molecular weight excluding hydrogens is 567 g/mol. The minimum atomic E-state index is 0.699. The summed E-state index contributed by atoms with van der Waals surface area (Å²) < 4.78 is 2.58. The molecule has 0 N–H and O–H groups in total. The van der Waals surface area contributed by atoms with Gasteiger partial charge < -0.3 is 0 Å². The molecule has 0 spiro atoms. The molecule has 4 heteroatoms. The predicted molar refractivity (Wildman–Crippen MR) is 189 cm³/mol. The molecule has 0 atom stereocenters. The molecule has 9 rings (SSSR count). The fraction of sp³-hybridized carbons (Fsp3) is 0. The maximum atomic E-state index is 5.22. The van der Waals surface area contributed by atoms with E-state index in [9.17, 15) is 0 Å². The molecule has 0 amide bonds. The summed E-state index contributed by atoms with van der Waals surface area (Å²) in [6.45, 7) is 0. The first-order valence-electron chi connectivity index (χ1n) is 15.0. The van der Waals surface area contributed by atoms with Crippen molar-refractivity contribution in [1.82, 2.24) is 15.0 Å². The third kappa shape index (κ3) is 4.46. The van der Waals surface area contributed by atoms with Crippen molar-refractivity contribution >= 4 is 53.2 Å². The van der Waals surface area contributed by atoms with Gasteiger partial charge in [0.25, 0.3) is 0 Å². The summed E-state index contributed by atoms with van der Waals surface area (Å²) in [5, 5.41) is 6.16. The third-order valence-corrected chi connectivity index (χ3v) is 9.61. The second-order valence-corrected chi connectivity index (χ2v) is 12.3. The summed E-state index contributed by atoms with van der Waals surface area (Å²) >= 11 is 1.84. The van der Waals surface area contributed by atoms with Gasteiger partial charge in [-0.3, -0.25) is 0 Å². The van der Waals surface area contributed by atoms with Crippen LogP contribution < -0.4 is 0 Å². The average molecular weight is 592 g/mol. The molecule has 0 fully saturated rings. The minimum absolute atomic E-state index is 0.699. The summed E-state index contributed by atoms with van der Waals surface area (Å²) in [4.78, 5) is 15.3. The molecular formula is C41H25N3S. The molecule has 0 saturated carbocycles. The van der Waals surface area contributed by atoms with Gasteiger partial charge in [-0.1, -0.05) is 121 Å². The monoisotopic (exact) mass is 591 g/mol. The fourth-order valence-corrected chi connectivity index (χ4v) is 7.38. The lowest BCUT2D eigenvalue weighted by Gasteiger charge is -2.12. The summed E-state index contributed by atoms with van der Waals surface area (Å²) in [5.74, 6) is 0.699. The zero-order chi connectivity index (χ0) is 29.7. The topological polar surface area (TPSA) is 38.7 Å². The van der Waals surface area contributed by atoms with Gasteiger partial charge in [-0.15, -0.1) is 11.3 Å². The van der Waals surface area contributed by atoms with Crippen LogP contribution in [0.25, 0.3) is 87.0 Å². The fourth-order valence-electron chi connectivity index (χ4n) is 6.26. The quantitative estimate of drug-likeness (QED) is 0.191. The van der Waals surface area contributed by atoms with Crippen LogP contribution in [0.4, 0.5) is 0 Å². The Kier molecular flexibility index (Phi) is 6.00. The second kappa shape index (κ2) is 10.5. The first-order valence-corrected chi connectivity index (χ1v) is 15.8. The number of hydrogen-bond acceptors (Lipinski definition) is 4. The number of aromatic nitrogens is 3. The third-order valence-electron chi connectivity index (χ3n) is 8.48. The zero-order valence-electron chi connectivity index (χ0n) is 24.2. The van der Waals surface area contributed by atoms with E-state index >= 15 is 0 Å². The van der Waals surface area contributed by atoms with E-state index < -0.39 is 0 Å². The van der Waals surface area contributed by atoms with Gasteiger partial charge >= 0.3 is 0 Å². The van der Waals surface area contributed by atoms with Crippen LogP contribution in [0.1, 0.15) is 0 Å². The number of hydrogen-bond donors (Lipinski definition) is 0. The molecule has 45 heavy (non-hydrogen) atoms. The van der Waals surface area contributed by atoms with Gasteiger partial charge in [-0.05, 0) is 35.7 Å². The van der Waals surface area contributed by atoms with Crippen molar-refractivity contribution in [2.24, 2.45) is 0 Å². The molecule has 0 aliphatic rings. The highest BCUT2D eigenvalue weighted by molar-refractivity contribution is 7.25. The Labute approximate surface area is 264 Å². The number of thiophene rings is 1. The number of rotatable bonds is 4. The Hall–Kier alpha value is -5.71. The van der Waals surface area contributed by atoms with E-state index in [4.69, 9.17) is 15.0 Å². The van der Waals surface area contributed by atoms with Crippen molar-refractivity contribution in [3.8, 4) is 45.2 Å². The van der Waals surface area contributed by atoms with Crippen molar-refractivity contribution in [3.05, 3.63) is 152 Å². The lowest BCUT2D eigenvalue weighted by molar-refractivity contribution is 1.18. The van der Waals surface area contributed by atoms with E-state index in [1.165, 1.54) is 30.9 Å². The maximum absolute atomic E-state index is 5.22. The van der Waals surface area contributed by atoms with Crippen LogP contribution in [0, 0.1) is 0 Å². The maximum Gasteiger partial charge on any atom is 0.160 e. The van der Waals surface area contributed by atoms with Crippen molar-refractivity contribution in [2.75, 3.05) is 0 Å². The van der Waals surface area contributed by atoms with E-state index in [1.54, 1.807) is 0 Å². The highest BCUT2D eigenvalue weighted by Crippen LogP contribution is 2.41. The van der Waals surface area contributed by atoms with Gasteiger partial charge in [0.15, 0.2) is 5.82 Å². The first kappa shape index (κ1) is 25.8. The van der Waals surface area contributed by atoms with Gasteiger partial charge in [-0.2, -0.15) is 0 Å². The van der Waals surface area contributed by atoms with Crippen LogP contribution in [0.3, 0.4) is 0 Å². The van der Waals surface area contributed by atoms with Gasteiger partial charge in [0, 0.05) is 53.2 Å². The first-order chi connectivity index (χ1) is 22.3. The molecule has 0 aliphatic carbocycles. The van der Waals surface area contributed by atoms with Crippen LogP contribution >= 0.6 is 11.3 Å². The smallest absolute Gasteiger partial charge is 0.160 e. The number of benzene rings is 6. The Balaban J connectivity index is 1.21. The van der Waals surface area contributed by atoms with E-state index in [0.717, 1.165) is 50.2 Å². The van der Waals surface area contributed by atoms with Crippen molar-refractivity contribution in [2.45, 2.75) is 0 Å². The number of pyridine rings is 1. The Morgan fingerprint density at radius 2 is 0.956 bits per heavy atom. The lowest BCUT2D eigenvalue weighted by Crippen LogP contribution is -1.96. The molecule has 0 bridgehead atoms. The molecule has 9 aromatic rings. The van der Waals surface area contributed by atoms with E-state index in [0.29, 0.717) is 5.82 Å². The Morgan fingerprint density at radius 1 is 0.356 bits per heavy atom. The summed E-state index contributed by atoms with van der Waals surface area (Å²) in [5.41, 5.74) is 7.94. The lowest BCUT2D eigenvalue weighted by atomic mass is 9.97. The number of para-hydroxylation sites is 1. The highest BCUT2D eigenvalue weighted by atomic mass is 32.1. The molecule has 0 unspecified atom stereocenters. The molecule has 6 aromatic carbocycles. The molecule has 0 radical (unpaired) electrons. The molecule has 210 valence electrons. The molecule has 0 aliphatic heterocycles. The zero-order valence-corrected chi connectivity index (χ0v) is 25.0. The van der Waals surface area contributed by atoms with Crippen LogP contribution in [-0.2, 0) is 0 Å². The van der Waals surface area contributed by atoms with Gasteiger partial charge in [0.2, 0.25) is 0 Å². The molecule has 3 nitrogen and oxygen atoms in total. The predicted octanol–water partition coefficient (Wildman–Crippen LogP) is 11.2. The largest absolute Gasteiger partial charge is 0.247 e. The van der Waals surface area contributed by atoms with E-state index in [1.807, 2.05) is 47.7 Å². The van der Waals surface area contributed by atoms with Crippen LogP contribution in [0.15, 0.2) is 152 Å². The summed E-state index contributed by atoms with van der Waals surface area (Å²) in [6, 6.07) is 53.0. The summed E-state index contributed by atoms with van der Waals surface area (Å²) in [6.07, 6.45) is 0. The summed E-state index contributed by atoms with van der Waals surface area (Å²) in [7, 11) is 0. The SMILES string of the molecule is c1ccc(-c2cc(-c3ccccc3)nc(-c3ccc(-c4nc5ccccc5c5cc6c(cc45)sc4ccccc46)cc3)n2)cc1. The minimum Gasteiger partial charge on any atom is -0.247 e. The molecule has 3 heterocycles. The molecule has 0 saturated heterocycles. The van der Waals surface area contributed by atoms with Crippen molar-refractivity contribution in [3.63, 3.8) is 0 Å². The van der Waals surface area contributed by atoms with Gasteiger partial charge in [0.05, 0.1) is 22.6 Å². The van der Waals surface area contributed by atoms with E-state index in [2.05, 4.69) is 115 Å². The van der Waals surface area contributed by atoms with Crippen molar-refractivity contribution in [1.29, 1.82) is 0 Å². The van der Waals surface area contributed by atoms with Crippen LogP contribution in [0.2, 0.25) is 0 Å². The Bertz CT molecular complexity index is 2460. The van der Waals surface area contributed by atoms with Crippen LogP contribution in [0.5, 0.6) is 0 Å². The van der Waals surface area contributed by atoms with Crippen molar-refractivity contribution < 1.29 is 0 Å². The number of nitrogens with zero attached hydrogens (tertiary/aromatic N) is 3. The van der Waals surface area contributed by atoms with Gasteiger partial charge in [-0.25, -0.2) is 15.0 Å². The normalized spacial score (nSPS) is 11.6.